The van der Waals surface area contributed by atoms with Gasteiger partial charge in [-0.1, -0.05) is 0 Å². The summed E-state index contributed by atoms with van der Waals surface area (Å²) < 4.78 is 0. The summed E-state index contributed by atoms with van der Waals surface area (Å²) in [5.41, 5.74) is 2.90. The highest BCUT2D eigenvalue weighted by Gasteiger charge is 2.18. The fraction of sp³-hybridized carbons (Fsp3) is 0.250. The van der Waals surface area contributed by atoms with Crippen molar-refractivity contribution in [3.05, 3.63) is 39.6 Å². The Hall–Kier alpha value is -2.37. The third-order valence-corrected chi connectivity index (χ3v) is 3.09. The van der Waals surface area contributed by atoms with Crippen LogP contribution in [-0.4, -0.2) is 28.8 Å². The summed E-state index contributed by atoms with van der Waals surface area (Å²) >= 11 is 0. The minimum absolute atomic E-state index is 0.0985. The minimum atomic E-state index is -0.380. The molecule has 1 aliphatic rings. The molecular weight excluding hydrogens is 232 g/mol. The van der Waals surface area contributed by atoms with Gasteiger partial charge in [0.1, 0.15) is 5.84 Å². The summed E-state index contributed by atoms with van der Waals surface area (Å²) in [6.45, 7) is 3.51. The van der Waals surface area contributed by atoms with Crippen molar-refractivity contribution in [2.24, 2.45) is 4.99 Å². The number of H-pyrrole nitrogens is 1. The lowest BCUT2D eigenvalue weighted by Gasteiger charge is -2.02. The fourth-order valence-corrected chi connectivity index (χ4v) is 2.30. The highest BCUT2D eigenvalue weighted by Crippen LogP contribution is 2.26. The molecule has 0 spiro atoms. The van der Waals surface area contributed by atoms with Crippen molar-refractivity contribution < 1.29 is 4.92 Å². The number of nitrogens with zero attached hydrogens (tertiary/aromatic N) is 2. The number of hydrogen-bond donors (Lipinski definition) is 2. The monoisotopic (exact) mass is 244 g/mol. The zero-order valence-corrected chi connectivity index (χ0v) is 9.86. The van der Waals surface area contributed by atoms with Crippen LogP contribution >= 0.6 is 0 Å². The first-order valence-electron chi connectivity index (χ1n) is 5.72. The molecule has 1 aliphatic heterocycles. The molecule has 2 N–H and O–H groups in total. The number of non-ortho nitro benzene ring substituents is 1. The Morgan fingerprint density at radius 2 is 2.28 bits per heavy atom. The lowest BCUT2D eigenvalue weighted by Crippen LogP contribution is -2.19. The van der Waals surface area contributed by atoms with Gasteiger partial charge in [-0.15, -0.1) is 0 Å². The maximum Gasteiger partial charge on any atom is 0.270 e. The van der Waals surface area contributed by atoms with Crippen LogP contribution in [0.25, 0.3) is 10.9 Å². The van der Waals surface area contributed by atoms with Crippen molar-refractivity contribution in [3.63, 3.8) is 0 Å². The van der Waals surface area contributed by atoms with Crippen molar-refractivity contribution >= 4 is 22.4 Å². The maximum absolute atomic E-state index is 10.8. The average molecular weight is 244 g/mol. The first-order valence-corrected chi connectivity index (χ1v) is 5.72. The van der Waals surface area contributed by atoms with Gasteiger partial charge in [-0.3, -0.25) is 15.1 Å². The van der Waals surface area contributed by atoms with Crippen molar-refractivity contribution in [1.29, 1.82) is 0 Å². The molecule has 3 rings (SSSR count). The third-order valence-electron chi connectivity index (χ3n) is 3.09. The van der Waals surface area contributed by atoms with E-state index in [0.29, 0.717) is 0 Å². The molecule has 18 heavy (non-hydrogen) atoms. The molecule has 1 aromatic heterocycles. The van der Waals surface area contributed by atoms with E-state index in [-0.39, 0.29) is 10.6 Å². The number of aromatic nitrogens is 1. The van der Waals surface area contributed by atoms with Crippen LogP contribution in [0.3, 0.4) is 0 Å². The summed E-state index contributed by atoms with van der Waals surface area (Å²) in [6.07, 6.45) is 0. The second kappa shape index (κ2) is 3.83. The number of nitro benzene ring substituents is 1. The Morgan fingerprint density at radius 3 is 2.94 bits per heavy atom. The molecule has 0 atom stereocenters. The summed E-state index contributed by atoms with van der Waals surface area (Å²) in [6, 6.07) is 4.84. The van der Waals surface area contributed by atoms with Crippen molar-refractivity contribution in [1.82, 2.24) is 10.3 Å². The molecule has 0 bridgehead atoms. The van der Waals surface area contributed by atoms with E-state index in [2.05, 4.69) is 15.3 Å². The van der Waals surface area contributed by atoms with Crippen LogP contribution in [0.5, 0.6) is 0 Å². The lowest BCUT2D eigenvalue weighted by atomic mass is 10.1. The van der Waals surface area contributed by atoms with E-state index in [0.717, 1.165) is 41.1 Å². The van der Waals surface area contributed by atoms with Gasteiger partial charge in [0.2, 0.25) is 0 Å². The van der Waals surface area contributed by atoms with E-state index in [1.165, 1.54) is 6.07 Å². The van der Waals surface area contributed by atoms with Crippen LogP contribution in [0.2, 0.25) is 0 Å². The van der Waals surface area contributed by atoms with Crippen molar-refractivity contribution in [2.45, 2.75) is 6.92 Å². The summed E-state index contributed by atoms with van der Waals surface area (Å²) in [4.78, 5) is 18.1. The molecule has 0 amide bonds. The van der Waals surface area contributed by atoms with Crippen LogP contribution < -0.4 is 5.32 Å². The maximum atomic E-state index is 10.8. The standard InChI is InChI=1S/C12H12N4O2/c1-7-11(12-13-4-5-14-12)9-6-8(16(17)18)2-3-10(9)15-7/h2-3,6,15H,4-5H2,1H3,(H,13,14). The predicted molar refractivity (Wildman–Crippen MR) is 69.1 cm³/mol. The smallest absolute Gasteiger partial charge is 0.270 e. The molecule has 2 aromatic rings. The first-order chi connectivity index (χ1) is 8.66. The van der Waals surface area contributed by atoms with Gasteiger partial charge in [0.15, 0.2) is 0 Å². The van der Waals surface area contributed by atoms with Gasteiger partial charge in [0, 0.05) is 40.8 Å². The van der Waals surface area contributed by atoms with Crippen LogP contribution in [0.15, 0.2) is 23.2 Å². The molecule has 0 saturated carbocycles. The zero-order chi connectivity index (χ0) is 12.7. The molecule has 0 unspecified atom stereocenters. The normalized spacial score (nSPS) is 14.6. The number of aryl methyl sites for hydroxylation is 1. The van der Waals surface area contributed by atoms with E-state index in [9.17, 15) is 10.1 Å². The number of benzene rings is 1. The second-order valence-corrected chi connectivity index (χ2v) is 4.27. The van der Waals surface area contributed by atoms with Gasteiger partial charge in [0.05, 0.1) is 11.5 Å². The highest BCUT2D eigenvalue weighted by atomic mass is 16.6. The number of aliphatic imine (C=N–C) groups is 1. The molecular formula is C12H12N4O2. The third kappa shape index (κ3) is 1.54. The average Bonchev–Trinajstić information content (AvgIpc) is 2.93. The van der Waals surface area contributed by atoms with Crippen molar-refractivity contribution in [3.8, 4) is 0 Å². The lowest BCUT2D eigenvalue weighted by molar-refractivity contribution is -0.384. The Bertz CT molecular complexity index is 672. The Kier molecular flexibility index (Phi) is 2.29. The van der Waals surface area contributed by atoms with Crippen molar-refractivity contribution in [2.75, 3.05) is 13.1 Å². The largest absolute Gasteiger partial charge is 0.368 e. The Morgan fingerprint density at radius 1 is 1.44 bits per heavy atom. The molecule has 6 heteroatoms. The minimum Gasteiger partial charge on any atom is -0.368 e. The summed E-state index contributed by atoms with van der Waals surface area (Å²) in [5, 5.41) is 14.9. The summed E-state index contributed by atoms with van der Waals surface area (Å²) in [5.74, 6) is 0.819. The molecule has 0 fully saturated rings. The predicted octanol–water partition coefficient (Wildman–Crippen LogP) is 1.73. The molecule has 6 nitrogen and oxygen atoms in total. The topological polar surface area (TPSA) is 83.3 Å². The van der Waals surface area contributed by atoms with Gasteiger partial charge >= 0.3 is 0 Å². The van der Waals surface area contributed by atoms with E-state index >= 15 is 0 Å². The Labute approximate surface area is 103 Å². The number of aromatic amines is 1. The van der Waals surface area contributed by atoms with E-state index in [1.54, 1.807) is 12.1 Å². The van der Waals surface area contributed by atoms with Crippen LogP contribution in [0, 0.1) is 17.0 Å². The molecule has 92 valence electrons. The number of nitrogens with one attached hydrogen (secondary N) is 2. The van der Waals surface area contributed by atoms with Crippen LogP contribution in [0.1, 0.15) is 11.3 Å². The first kappa shape index (κ1) is 10.8. The number of rotatable bonds is 2. The van der Waals surface area contributed by atoms with Gasteiger partial charge in [0.25, 0.3) is 5.69 Å². The quantitative estimate of drug-likeness (QED) is 0.623. The SMILES string of the molecule is Cc1[nH]c2ccc([N+](=O)[O-])cc2c1C1=NCCN1. The van der Waals surface area contributed by atoms with Gasteiger partial charge in [-0.05, 0) is 13.0 Å². The van der Waals surface area contributed by atoms with Gasteiger partial charge in [-0.2, -0.15) is 0 Å². The Balaban J connectivity index is 2.25. The molecule has 0 radical (unpaired) electrons. The van der Waals surface area contributed by atoms with Gasteiger partial charge < -0.3 is 10.3 Å². The van der Waals surface area contributed by atoms with E-state index in [4.69, 9.17) is 0 Å². The number of nitro groups is 1. The van der Waals surface area contributed by atoms with E-state index in [1.807, 2.05) is 6.92 Å². The van der Waals surface area contributed by atoms with Crippen LogP contribution in [0.4, 0.5) is 5.69 Å². The molecule has 0 saturated heterocycles. The number of amidine groups is 1. The molecule has 0 aliphatic carbocycles. The number of hydrogen-bond acceptors (Lipinski definition) is 4. The second-order valence-electron chi connectivity index (χ2n) is 4.27. The number of fused-ring (bicyclic) bond motifs is 1. The molecule has 1 aromatic carbocycles. The fourth-order valence-electron chi connectivity index (χ4n) is 2.30. The van der Waals surface area contributed by atoms with Crippen LogP contribution in [-0.2, 0) is 0 Å². The highest BCUT2D eigenvalue weighted by molar-refractivity contribution is 6.11. The molecule has 2 heterocycles. The summed E-state index contributed by atoms with van der Waals surface area (Å²) in [7, 11) is 0. The van der Waals surface area contributed by atoms with Gasteiger partial charge in [-0.25, -0.2) is 0 Å². The van der Waals surface area contributed by atoms with E-state index < -0.39 is 0 Å². The zero-order valence-electron chi connectivity index (χ0n) is 9.86.